The first-order chi connectivity index (χ1) is 14.5. The Morgan fingerprint density at radius 1 is 1.26 bits per heavy atom. The van der Waals surface area contributed by atoms with Crippen LogP contribution in [0.25, 0.3) is 0 Å². The summed E-state index contributed by atoms with van der Waals surface area (Å²) in [6.07, 6.45) is 2.29. The third-order valence-corrected chi connectivity index (χ3v) is 5.62. The number of nitrogens with zero attached hydrogens (tertiary/aromatic N) is 3. The fourth-order valence-corrected chi connectivity index (χ4v) is 3.86. The quantitative estimate of drug-likeness (QED) is 0.296. The average molecular weight is 549 g/mol. The molecule has 1 aromatic rings. The van der Waals surface area contributed by atoms with Crippen molar-refractivity contribution in [2.45, 2.75) is 51.3 Å². The number of amides is 1. The number of hydrogen-bond donors (Lipinski definition) is 3. The fourth-order valence-electron chi connectivity index (χ4n) is 3.86. The van der Waals surface area contributed by atoms with E-state index in [0.717, 1.165) is 18.4 Å². The van der Waals surface area contributed by atoms with Gasteiger partial charge in [0.15, 0.2) is 5.96 Å². The highest BCUT2D eigenvalue weighted by Gasteiger charge is 2.24. The van der Waals surface area contributed by atoms with Crippen LogP contribution in [0.5, 0.6) is 0 Å². The van der Waals surface area contributed by atoms with Crippen LogP contribution >= 0.6 is 24.0 Å². The van der Waals surface area contributed by atoms with E-state index in [1.807, 2.05) is 11.0 Å². The molecule has 31 heavy (non-hydrogen) atoms. The summed E-state index contributed by atoms with van der Waals surface area (Å²) in [7, 11) is 0. The normalized spacial score (nSPS) is 18.5. The molecule has 1 amide bonds. The number of benzene rings is 1. The lowest BCUT2D eigenvalue weighted by Crippen LogP contribution is -2.48. The molecule has 0 aromatic heterocycles. The molecule has 8 nitrogen and oxygen atoms in total. The number of rotatable bonds is 5. The Hall–Kier alpha value is -1.82. The predicted octanol–water partition coefficient (Wildman–Crippen LogP) is 2.43. The zero-order valence-electron chi connectivity index (χ0n) is 17.9. The summed E-state index contributed by atoms with van der Waals surface area (Å²) in [5.74, 6) is 0.0380. The number of nitrogens with one attached hydrogen (secondary N) is 1. The minimum absolute atomic E-state index is 0. The SMILES string of the molecule is CCOC(=O)N1CCC(NC(N)=NCc2ccc(N3CCC(O)CC3)c(F)c2)CC1.I. The van der Waals surface area contributed by atoms with E-state index >= 15 is 0 Å². The van der Waals surface area contributed by atoms with Gasteiger partial charge in [0.2, 0.25) is 0 Å². The first kappa shape index (κ1) is 25.4. The second-order valence-electron chi connectivity index (χ2n) is 7.81. The Morgan fingerprint density at radius 3 is 2.55 bits per heavy atom. The summed E-state index contributed by atoms with van der Waals surface area (Å²) in [6.45, 7) is 4.99. The number of guanidine groups is 1. The molecule has 2 aliphatic rings. The molecule has 0 spiro atoms. The molecule has 10 heteroatoms. The van der Waals surface area contributed by atoms with Gasteiger partial charge in [-0.2, -0.15) is 0 Å². The number of carbonyl (C=O) groups excluding carboxylic acids is 1. The van der Waals surface area contributed by atoms with Crippen LogP contribution in [-0.4, -0.2) is 67.0 Å². The molecular formula is C21H33FIN5O3. The van der Waals surface area contributed by atoms with Gasteiger partial charge in [-0.15, -0.1) is 24.0 Å². The second kappa shape index (κ2) is 12.3. The van der Waals surface area contributed by atoms with Crippen LogP contribution in [0.1, 0.15) is 38.2 Å². The molecule has 0 atom stereocenters. The Morgan fingerprint density at radius 2 is 1.94 bits per heavy atom. The first-order valence-electron chi connectivity index (χ1n) is 10.7. The summed E-state index contributed by atoms with van der Waals surface area (Å²) in [6, 6.07) is 5.27. The van der Waals surface area contributed by atoms with Gasteiger partial charge in [0.05, 0.1) is 24.9 Å². The summed E-state index contributed by atoms with van der Waals surface area (Å²) in [4.78, 5) is 19.7. The minimum Gasteiger partial charge on any atom is -0.450 e. The summed E-state index contributed by atoms with van der Waals surface area (Å²) < 4.78 is 19.6. The summed E-state index contributed by atoms with van der Waals surface area (Å²) in [5.41, 5.74) is 7.31. The van der Waals surface area contributed by atoms with Gasteiger partial charge in [0.25, 0.3) is 0 Å². The average Bonchev–Trinajstić information content (AvgIpc) is 2.74. The van der Waals surface area contributed by atoms with E-state index in [4.69, 9.17) is 10.5 Å². The third-order valence-electron chi connectivity index (χ3n) is 5.62. The number of hydrogen-bond acceptors (Lipinski definition) is 5. The smallest absolute Gasteiger partial charge is 0.409 e. The number of ether oxygens (including phenoxy) is 1. The summed E-state index contributed by atoms with van der Waals surface area (Å²) in [5, 5.41) is 12.8. The van der Waals surface area contributed by atoms with Crippen molar-refractivity contribution in [3.63, 3.8) is 0 Å². The van der Waals surface area contributed by atoms with Crippen LogP contribution in [0.15, 0.2) is 23.2 Å². The van der Waals surface area contributed by atoms with Gasteiger partial charge in [-0.25, -0.2) is 14.2 Å². The number of halogens is 2. The lowest BCUT2D eigenvalue weighted by molar-refractivity contribution is 0.0963. The molecule has 1 aromatic carbocycles. The van der Waals surface area contributed by atoms with Crippen molar-refractivity contribution in [3.05, 3.63) is 29.6 Å². The predicted molar refractivity (Wildman–Crippen MR) is 129 cm³/mol. The van der Waals surface area contributed by atoms with Gasteiger partial charge in [0.1, 0.15) is 5.82 Å². The second-order valence-corrected chi connectivity index (χ2v) is 7.81. The molecule has 2 aliphatic heterocycles. The van der Waals surface area contributed by atoms with Crippen LogP contribution in [0, 0.1) is 5.82 Å². The van der Waals surface area contributed by atoms with Gasteiger partial charge < -0.3 is 30.7 Å². The molecule has 0 unspecified atom stereocenters. The number of carbonyl (C=O) groups is 1. The molecular weight excluding hydrogens is 516 g/mol. The van der Waals surface area contributed by atoms with Gasteiger partial charge in [0, 0.05) is 32.2 Å². The number of aliphatic imine (C=N–C) groups is 1. The molecule has 2 fully saturated rings. The Balaban J connectivity index is 0.00000341. The maximum absolute atomic E-state index is 14.5. The van der Waals surface area contributed by atoms with Crippen LogP contribution in [-0.2, 0) is 11.3 Å². The molecule has 4 N–H and O–H groups in total. The Bertz CT molecular complexity index is 751. The maximum Gasteiger partial charge on any atom is 0.409 e. The van der Waals surface area contributed by atoms with Crippen molar-refractivity contribution in [2.75, 3.05) is 37.7 Å². The van der Waals surface area contributed by atoms with E-state index in [0.29, 0.717) is 57.3 Å². The zero-order valence-corrected chi connectivity index (χ0v) is 20.3. The van der Waals surface area contributed by atoms with Gasteiger partial charge in [-0.3, -0.25) is 0 Å². The largest absolute Gasteiger partial charge is 0.450 e. The number of aliphatic hydroxyl groups is 1. The van der Waals surface area contributed by atoms with E-state index < -0.39 is 0 Å². The molecule has 174 valence electrons. The van der Waals surface area contributed by atoms with Crippen molar-refractivity contribution >= 4 is 41.7 Å². The fraction of sp³-hybridized carbons (Fsp3) is 0.619. The van der Waals surface area contributed by atoms with E-state index in [9.17, 15) is 14.3 Å². The highest BCUT2D eigenvalue weighted by atomic mass is 127. The van der Waals surface area contributed by atoms with E-state index in [1.54, 1.807) is 17.9 Å². The highest BCUT2D eigenvalue weighted by molar-refractivity contribution is 14.0. The molecule has 0 saturated carbocycles. The zero-order chi connectivity index (χ0) is 21.5. The molecule has 2 saturated heterocycles. The van der Waals surface area contributed by atoms with Crippen molar-refractivity contribution in [1.29, 1.82) is 0 Å². The standard InChI is InChI=1S/C21H32FN5O3.HI/c1-2-30-21(29)27-9-5-16(6-10-27)25-20(23)24-14-15-3-4-19(18(22)13-15)26-11-7-17(28)8-12-26;/h3-4,13,16-17,28H,2,5-12,14H2,1H3,(H3,23,24,25);1H. The van der Waals surface area contributed by atoms with Crippen molar-refractivity contribution in [3.8, 4) is 0 Å². The van der Waals surface area contributed by atoms with Crippen molar-refractivity contribution in [1.82, 2.24) is 10.2 Å². The summed E-state index contributed by atoms with van der Waals surface area (Å²) >= 11 is 0. The van der Waals surface area contributed by atoms with Gasteiger partial charge in [-0.05, 0) is 50.3 Å². The minimum atomic E-state index is -0.286. The molecule has 0 radical (unpaired) electrons. The highest BCUT2D eigenvalue weighted by Crippen LogP contribution is 2.24. The van der Waals surface area contributed by atoms with Crippen molar-refractivity contribution < 1.29 is 19.0 Å². The van der Waals surface area contributed by atoms with Crippen molar-refractivity contribution in [2.24, 2.45) is 10.7 Å². The van der Waals surface area contributed by atoms with Gasteiger partial charge >= 0.3 is 6.09 Å². The molecule has 3 rings (SSSR count). The van der Waals surface area contributed by atoms with Gasteiger partial charge in [-0.1, -0.05) is 6.07 Å². The van der Waals surface area contributed by atoms with Crippen LogP contribution < -0.4 is 16.0 Å². The van der Waals surface area contributed by atoms with E-state index in [-0.39, 0.29) is 54.6 Å². The lowest BCUT2D eigenvalue weighted by Gasteiger charge is -2.32. The third kappa shape index (κ3) is 7.37. The maximum atomic E-state index is 14.5. The Kier molecular flexibility index (Phi) is 10.1. The number of piperidine rings is 2. The monoisotopic (exact) mass is 549 g/mol. The molecule has 0 bridgehead atoms. The number of likely N-dealkylation sites (tertiary alicyclic amines) is 1. The van der Waals surface area contributed by atoms with Crippen LogP contribution in [0.2, 0.25) is 0 Å². The lowest BCUT2D eigenvalue weighted by atomic mass is 10.1. The van der Waals surface area contributed by atoms with Crippen LogP contribution in [0.3, 0.4) is 0 Å². The van der Waals surface area contributed by atoms with E-state index in [1.165, 1.54) is 6.07 Å². The number of anilines is 1. The number of nitrogens with two attached hydrogens (primary N) is 1. The number of aliphatic hydroxyl groups excluding tert-OH is 1. The van der Waals surface area contributed by atoms with E-state index in [2.05, 4.69) is 10.3 Å². The molecule has 0 aliphatic carbocycles. The molecule has 2 heterocycles. The van der Waals surface area contributed by atoms with Crippen LogP contribution in [0.4, 0.5) is 14.9 Å². The first-order valence-corrected chi connectivity index (χ1v) is 10.7. The Labute approximate surface area is 200 Å². The topological polar surface area (TPSA) is 103 Å².